The Morgan fingerprint density at radius 3 is 2.41 bits per heavy atom. The first-order valence-electron chi connectivity index (χ1n) is 8.02. The van der Waals surface area contributed by atoms with Crippen LogP contribution < -0.4 is 5.32 Å². The van der Waals surface area contributed by atoms with E-state index in [1.165, 1.54) is 0 Å². The van der Waals surface area contributed by atoms with Gasteiger partial charge in [-0.2, -0.15) is 8.87 Å². The molecule has 6 N–H and O–H groups in total. The summed E-state index contributed by atoms with van der Waals surface area (Å²) in [4.78, 5) is 24.6. The Morgan fingerprint density at radius 1 is 1.26 bits per heavy atom. The Hall–Kier alpha value is -0.780. The minimum atomic E-state index is -3.50. The van der Waals surface area contributed by atoms with E-state index < -0.39 is 72.4 Å². The number of urea groups is 1. The number of carbonyl (C=O) groups excluding carboxylic acids is 2. The summed E-state index contributed by atoms with van der Waals surface area (Å²) in [6, 6.07) is -1.12. The van der Waals surface area contributed by atoms with Crippen LogP contribution in [-0.4, -0.2) is 97.9 Å². The molecule has 3 rings (SSSR count). The summed E-state index contributed by atoms with van der Waals surface area (Å²) in [7, 11) is 0. The number of carbonyl (C=O) groups is 2. The van der Waals surface area contributed by atoms with Gasteiger partial charge in [0.2, 0.25) is 6.23 Å². The summed E-state index contributed by atoms with van der Waals surface area (Å²) in [5.74, 6) is -4.27. The van der Waals surface area contributed by atoms with Crippen molar-refractivity contribution in [3.8, 4) is 0 Å². The quantitative estimate of drug-likeness (QED) is 0.180. The second-order valence-electron chi connectivity index (χ2n) is 6.57. The number of nitrogens with one attached hydrogen (secondary N) is 1. The fraction of sp³-hybridized carbons (Fsp3) is 0.714. The normalized spacial score (nSPS) is 47.9. The van der Waals surface area contributed by atoms with E-state index in [1.807, 2.05) is 5.32 Å². The van der Waals surface area contributed by atoms with Gasteiger partial charge in [-0.15, -0.1) is 0 Å². The summed E-state index contributed by atoms with van der Waals surface area (Å²) in [6.07, 6.45) is -8.75. The van der Waals surface area contributed by atoms with E-state index in [9.17, 15) is 35.1 Å². The number of ether oxygens (including phenoxy) is 2. The smallest absolute Gasteiger partial charge is 0.394 e. The maximum absolute atomic E-state index is 15.1. The molecule has 2 fully saturated rings. The van der Waals surface area contributed by atoms with E-state index in [2.05, 4.69) is 0 Å². The van der Waals surface area contributed by atoms with E-state index in [-0.39, 0.29) is 10.0 Å². The Bertz CT molecular complexity index is 677. The lowest BCUT2D eigenvalue weighted by atomic mass is 10.1. The lowest BCUT2D eigenvalue weighted by Gasteiger charge is -2.43. The number of quaternary nitrogens is 1. The number of imide groups is 1. The van der Waals surface area contributed by atoms with Gasteiger partial charge in [-0.1, -0.05) is 0 Å². The van der Waals surface area contributed by atoms with Crippen LogP contribution in [0.4, 0.5) is 9.18 Å². The second-order valence-corrected chi connectivity index (χ2v) is 7.73. The van der Waals surface area contributed by atoms with E-state index in [0.29, 0.717) is 0 Å². The number of aliphatic hydroxyl groups is 5. The molecule has 0 spiro atoms. The van der Waals surface area contributed by atoms with Gasteiger partial charge in [0.15, 0.2) is 6.10 Å². The van der Waals surface area contributed by atoms with Gasteiger partial charge in [0, 0.05) is 0 Å². The molecule has 27 heavy (non-hydrogen) atoms. The average Bonchev–Trinajstić information content (AvgIpc) is 3.10. The molecular weight excluding hydrogens is 486 g/mol. The van der Waals surface area contributed by atoms with Crippen LogP contribution in [0.15, 0.2) is 9.78 Å². The van der Waals surface area contributed by atoms with Crippen LogP contribution in [0.1, 0.15) is 6.42 Å². The third-order valence-corrected chi connectivity index (χ3v) is 5.73. The first kappa shape index (κ1) is 20.9. The van der Waals surface area contributed by atoms with Crippen molar-refractivity contribution in [2.75, 3.05) is 13.2 Å². The molecule has 0 bridgehead atoms. The third-order valence-electron chi connectivity index (χ3n) is 4.96. The van der Waals surface area contributed by atoms with Crippen LogP contribution in [0.25, 0.3) is 0 Å². The molecule has 152 valence electrons. The van der Waals surface area contributed by atoms with Gasteiger partial charge < -0.3 is 35.0 Å². The highest BCUT2D eigenvalue weighted by molar-refractivity contribution is 14.1. The predicted molar refractivity (Wildman–Crippen MR) is 90.1 cm³/mol. The average molecular weight is 505 g/mol. The van der Waals surface area contributed by atoms with Crippen molar-refractivity contribution < 1.29 is 53.5 Å². The summed E-state index contributed by atoms with van der Waals surface area (Å²) in [5.41, 5.74) is 0. The van der Waals surface area contributed by atoms with Crippen molar-refractivity contribution in [2.24, 2.45) is 0 Å². The minimum absolute atomic E-state index is 0.0564. The molecule has 3 aliphatic heterocycles. The highest BCUT2D eigenvalue weighted by Gasteiger charge is 2.71. The van der Waals surface area contributed by atoms with Crippen LogP contribution >= 0.6 is 22.6 Å². The third kappa shape index (κ3) is 3.10. The van der Waals surface area contributed by atoms with Crippen molar-refractivity contribution in [2.45, 2.75) is 49.1 Å². The summed E-state index contributed by atoms with van der Waals surface area (Å²) in [6.45, 7) is -1.44. The highest BCUT2D eigenvalue weighted by Crippen LogP contribution is 2.45. The molecule has 0 radical (unpaired) electrons. The highest BCUT2D eigenvalue weighted by atomic mass is 127. The molecule has 8 atom stereocenters. The van der Waals surface area contributed by atoms with Crippen LogP contribution in [0.3, 0.4) is 0 Å². The Balaban J connectivity index is 2.12. The molecule has 2 saturated heterocycles. The zero-order valence-electron chi connectivity index (χ0n) is 13.7. The Kier molecular flexibility index (Phi) is 5.61. The Morgan fingerprint density at radius 2 is 1.89 bits per heavy atom. The van der Waals surface area contributed by atoms with Crippen LogP contribution in [0.2, 0.25) is 0 Å². The van der Waals surface area contributed by atoms with E-state index in [1.54, 1.807) is 22.6 Å². The molecule has 11 nitrogen and oxygen atoms in total. The zero-order valence-corrected chi connectivity index (χ0v) is 15.9. The van der Waals surface area contributed by atoms with Gasteiger partial charge in [-0.05, 0) is 22.6 Å². The van der Waals surface area contributed by atoms with E-state index >= 15 is 4.39 Å². The van der Waals surface area contributed by atoms with Gasteiger partial charge in [0.25, 0.3) is 12.1 Å². The van der Waals surface area contributed by atoms with Crippen LogP contribution in [-0.2, 0) is 14.3 Å². The summed E-state index contributed by atoms with van der Waals surface area (Å²) in [5, 5.41) is 50.8. The second kappa shape index (κ2) is 7.23. The zero-order chi connectivity index (χ0) is 20.1. The largest absolute Gasteiger partial charge is 0.432 e. The molecule has 3 aliphatic rings. The van der Waals surface area contributed by atoms with Crippen molar-refractivity contribution in [3.63, 3.8) is 0 Å². The lowest BCUT2D eigenvalue weighted by molar-refractivity contribution is -0.907. The molecule has 0 aliphatic carbocycles. The lowest BCUT2D eigenvalue weighted by Crippen LogP contribution is -2.72. The van der Waals surface area contributed by atoms with E-state index in [0.717, 1.165) is 6.20 Å². The molecule has 0 aromatic rings. The van der Waals surface area contributed by atoms with Gasteiger partial charge in [-0.3, -0.25) is 4.79 Å². The van der Waals surface area contributed by atoms with Gasteiger partial charge in [0.1, 0.15) is 22.0 Å². The molecular formula is C14H19FIN2O9+. The molecule has 3 heterocycles. The first-order valence-corrected chi connectivity index (χ1v) is 9.09. The standard InChI is InChI=1S/C14H18FIN2O9/c15-14(25)10(22)8(4-20)27-12(14)18(2-5(16)11(23)17-13(18)24)9-1-6(21)7(3-19)26-9/h2,6-10,12,19-22,25H,1,3-4H2/p+1/t6-,7+,8+,9+,10+,12+,14-,18?/m0/s1. The fourth-order valence-corrected chi connectivity index (χ4v) is 4.12. The molecule has 13 heteroatoms. The van der Waals surface area contributed by atoms with E-state index in [4.69, 9.17) is 9.47 Å². The number of amides is 3. The number of nitrogens with zero attached hydrogens (tertiary/aromatic N) is 1. The van der Waals surface area contributed by atoms with Crippen molar-refractivity contribution >= 4 is 34.5 Å². The number of alkyl halides is 1. The number of halogens is 2. The first-order chi connectivity index (χ1) is 12.6. The maximum Gasteiger partial charge on any atom is 0.432 e. The molecule has 0 saturated carbocycles. The minimum Gasteiger partial charge on any atom is -0.394 e. The number of hydrogen-bond donors (Lipinski definition) is 6. The van der Waals surface area contributed by atoms with Gasteiger partial charge in [-0.25, -0.2) is 10.1 Å². The topological polar surface area (TPSA) is 166 Å². The molecule has 0 aromatic heterocycles. The number of hydrogen-bond acceptors (Lipinski definition) is 9. The van der Waals surface area contributed by atoms with Crippen molar-refractivity contribution in [3.05, 3.63) is 9.78 Å². The monoisotopic (exact) mass is 505 g/mol. The van der Waals surface area contributed by atoms with Gasteiger partial charge >= 0.3 is 11.9 Å². The predicted octanol–water partition coefficient (Wildman–Crippen LogP) is -2.47. The maximum atomic E-state index is 15.1. The summed E-state index contributed by atoms with van der Waals surface area (Å²) < 4.78 is 24.5. The van der Waals surface area contributed by atoms with Crippen LogP contribution in [0, 0.1) is 0 Å². The van der Waals surface area contributed by atoms with Gasteiger partial charge in [0.05, 0.1) is 25.7 Å². The van der Waals surface area contributed by atoms with Crippen molar-refractivity contribution in [1.82, 2.24) is 5.32 Å². The molecule has 0 aromatic carbocycles. The Labute approximate surface area is 165 Å². The number of aliphatic hydroxyl groups excluding tert-OH is 4. The SMILES string of the molecule is O=C1NC(=O)[N+]([C@@H]2O[C@H](CO)[C@@H](O)[C@@]2(O)F)([C@H]2C[C@H](O)[C@@H](CO)O2)C=C1I. The number of rotatable bonds is 4. The van der Waals surface area contributed by atoms with Crippen LogP contribution in [0.5, 0.6) is 0 Å². The fourth-order valence-electron chi connectivity index (χ4n) is 3.53. The van der Waals surface area contributed by atoms with Crippen molar-refractivity contribution in [1.29, 1.82) is 0 Å². The molecule has 3 amide bonds. The summed E-state index contributed by atoms with van der Waals surface area (Å²) >= 11 is 1.58. The molecule has 1 unspecified atom stereocenters.